The molecule has 0 heterocycles. The van der Waals surface area contributed by atoms with Gasteiger partial charge in [-0.25, -0.2) is 0 Å². The summed E-state index contributed by atoms with van der Waals surface area (Å²) in [4.78, 5) is 0. The van der Waals surface area contributed by atoms with E-state index in [-0.39, 0.29) is 0 Å². The Hall–Kier alpha value is 0.700. The van der Waals surface area contributed by atoms with Crippen LogP contribution in [-0.2, 0) is 0 Å². The van der Waals surface area contributed by atoms with E-state index < -0.39 is 0 Å². The lowest BCUT2D eigenvalue weighted by Crippen LogP contribution is -1.60. The third-order valence-electron chi connectivity index (χ3n) is 0.295. The highest BCUT2D eigenvalue weighted by molar-refractivity contribution is 8.09. The Morgan fingerprint density at radius 1 is 1.80 bits per heavy atom. The van der Waals surface area contributed by atoms with Gasteiger partial charge in [0.15, 0.2) is 0 Å². The Morgan fingerprint density at radius 3 is 2.40 bits per heavy atom. The molecule has 0 saturated carbocycles. The zero-order valence-electron chi connectivity index (χ0n) is 3.27. The monoisotopic (exact) mass is 108 g/mol. The SMILES string of the molecule is CCSCS. The Labute approximate surface area is 42.7 Å². The summed E-state index contributed by atoms with van der Waals surface area (Å²) in [6.07, 6.45) is 0. The van der Waals surface area contributed by atoms with E-state index in [1.807, 2.05) is 11.8 Å². The molecular weight excluding hydrogens is 100 g/mol. The van der Waals surface area contributed by atoms with Gasteiger partial charge in [0.2, 0.25) is 0 Å². The predicted molar refractivity (Wildman–Crippen MR) is 32.0 cm³/mol. The van der Waals surface area contributed by atoms with Crippen molar-refractivity contribution >= 4 is 24.4 Å². The number of thiol groups is 1. The third kappa shape index (κ3) is 4.70. The summed E-state index contributed by atoms with van der Waals surface area (Å²) in [5, 5.41) is 0.955. The van der Waals surface area contributed by atoms with Crippen LogP contribution in [0.3, 0.4) is 0 Å². The van der Waals surface area contributed by atoms with Crippen LogP contribution in [-0.4, -0.2) is 10.8 Å². The lowest BCUT2D eigenvalue weighted by atomic mass is 11.0. The molecule has 0 rings (SSSR count). The van der Waals surface area contributed by atoms with Gasteiger partial charge in [-0.3, -0.25) is 0 Å². The second-order valence-corrected chi connectivity index (χ2v) is 2.64. The molecule has 0 aromatic rings. The first kappa shape index (κ1) is 5.70. The molecule has 0 atom stereocenters. The number of thioether (sulfide) groups is 1. The summed E-state index contributed by atoms with van der Waals surface area (Å²) in [7, 11) is 0. The highest BCUT2D eigenvalue weighted by atomic mass is 32.2. The van der Waals surface area contributed by atoms with Gasteiger partial charge < -0.3 is 0 Å². The smallest absolute Gasteiger partial charge is 0.0361 e. The maximum Gasteiger partial charge on any atom is 0.0361 e. The fourth-order valence-electron chi connectivity index (χ4n) is 0.0913. The molecule has 0 aromatic heterocycles. The molecule has 0 aliphatic heterocycles. The Morgan fingerprint density at radius 2 is 2.40 bits per heavy atom. The summed E-state index contributed by atoms with van der Waals surface area (Å²) >= 11 is 5.79. The first-order valence-electron chi connectivity index (χ1n) is 1.60. The van der Waals surface area contributed by atoms with Crippen molar-refractivity contribution in [1.29, 1.82) is 0 Å². The molecule has 0 N–H and O–H groups in total. The largest absolute Gasteiger partial charge is 0.168 e. The molecule has 0 spiro atoms. The number of hydrogen-bond acceptors (Lipinski definition) is 2. The highest BCUT2D eigenvalue weighted by Crippen LogP contribution is 1.97. The average molecular weight is 108 g/mol. The van der Waals surface area contributed by atoms with Crippen LogP contribution in [0.15, 0.2) is 0 Å². The van der Waals surface area contributed by atoms with Gasteiger partial charge >= 0.3 is 0 Å². The van der Waals surface area contributed by atoms with Crippen molar-refractivity contribution in [3.05, 3.63) is 0 Å². The van der Waals surface area contributed by atoms with E-state index in [0.717, 1.165) is 5.08 Å². The Balaban J connectivity index is 2.19. The average Bonchev–Trinajstić information content (AvgIpc) is 1.41. The molecule has 5 heavy (non-hydrogen) atoms. The normalized spacial score (nSPS) is 8.40. The molecule has 0 radical (unpaired) electrons. The minimum atomic E-state index is 0.955. The van der Waals surface area contributed by atoms with Crippen LogP contribution in [0.25, 0.3) is 0 Å². The second-order valence-electron chi connectivity index (χ2n) is 0.622. The third-order valence-corrected chi connectivity index (χ3v) is 1.43. The van der Waals surface area contributed by atoms with E-state index in [0.29, 0.717) is 0 Å². The van der Waals surface area contributed by atoms with Crippen molar-refractivity contribution in [2.24, 2.45) is 0 Å². The standard InChI is InChI=1S/C3H8S2/c1-2-5-3-4/h4H,2-3H2,1H3. The predicted octanol–water partition coefficient (Wildman–Crippen LogP) is 1.63. The minimum absolute atomic E-state index is 0.955. The molecule has 0 nitrogen and oxygen atoms in total. The summed E-state index contributed by atoms with van der Waals surface area (Å²) < 4.78 is 0. The lowest BCUT2D eigenvalue weighted by molar-refractivity contribution is 1.53. The van der Waals surface area contributed by atoms with E-state index in [1.165, 1.54) is 5.75 Å². The Bertz CT molecular complexity index is 12.4. The zero-order chi connectivity index (χ0) is 4.12. The molecule has 0 aliphatic rings. The molecule has 0 bridgehead atoms. The van der Waals surface area contributed by atoms with E-state index in [9.17, 15) is 0 Å². The second kappa shape index (κ2) is 4.70. The van der Waals surface area contributed by atoms with Crippen LogP contribution in [0.4, 0.5) is 0 Å². The van der Waals surface area contributed by atoms with E-state index >= 15 is 0 Å². The van der Waals surface area contributed by atoms with Gasteiger partial charge in [0.05, 0.1) is 0 Å². The molecule has 0 fully saturated rings. The van der Waals surface area contributed by atoms with Gasteiger partial charge in [-0.05, 0) is 5.75 Å². The van der Waals surface area contributed by atoms with Crippen LogP contribution < -0.4 is 0 Å². The topological polar surface area (TPSA) is 0 Å². The van der Waals surface area contributed by atoms with Crippen LogP contribution >= 0.6 is 24.4 Å². The van der Waals surface area contributed by atoms with Crippen molar-refractivity contribution in [1.82, 2.24) is 0 Å². The van der Waals surface area contributed by atoms with Crippen molar-refractivity contribution in [3.63, 3.8) is 0 Å². The van der Waals surface area contributed by atoms with Gasteiger partial charge in [0.1, 0.15) is 0 Å². The van der Waals surface area contributed by atoms with Crippen molar-refractivity contribution in [3.8, 4) is 0 Å². The summed E-state index contributed by atoms with van der Waals surface area (Å²) in [6.45, 7) is 2.13. The van der Waals surface area contributed by atoms with Crippen LogP contribution in [0.5, 0.6) is 0 Å². The van der Waals surface area contributed by atoms with Gasteiger partial charge in [-0.1, -0.05) is 6.92 Å². The fourth-order valence-corrected chi connectivity index (χ4v) is 0.822. The lowest BCUT2D eigenvalue weighted by Gasteiger charge is -1.80. The molecule has 2 heteroatoms. The fraction of sp³-hybridized carbons (Fsp3) is 1.00. The van der Waals surface area contributed by atoms with Crippen molar-refractivity contribution < 1.29 is 0 Å². The Kier molecular flexibility index (Phi) is 5.36. The van der Waals surface area contributed by atoms with Gasteiger partial charge in [0.25, 0.3) is 0 Å². The summed E-state index contributed by atoms with van der Waals surface area (Å²) in [6, 6.07) is 0. The van der Waals surface area contributed by atoms with E-state index in [4.69, 9.17) is 0 Å². The van der Waals surface area contributed by atoms with E-state index in [2.05, 4.69) is 19.6 Å². The number of hydrogen-bond donors (Lipinski definition) is 1. The van der Waals surface area contributed by atoms with E-state index in [1.54, 1.807) is 0 Å². The molecule has 0 aromatic carbocycles. The summed E-state index contributed by atoms with van der Waals surface area (Å²) in [5.74, 6) is 1.18. The molecule has 0 unspecified atom stereocenters. The highest BCUT2D eigenvalue weighted by Gasteiger charge is 1.67. The first-order chi connectivity index (χ1) is 2.41. The molecule has 0 aliphatic carbocycles. The van der Waals surface area contributed by atoms with Crippen LogP contribution in [0, 0.1) is 0 Å². The zero-order valence-corrected chi connectivity index (χ0v) is 4.98. The molecular formula is C3H8S2. The maximum absolute atomic E-state index is 3.96. The first-order valence-corrected chi connectivity index (χ1v) is 3.39. The maximum atomic E-state index is 3.96. The summed E-state index contributed by atoms with van der Waals surface area (Å²) in [5.41, 5.74) is 0. The quantitative estimate of drug-likeness (QED) is 0.414. The minimum Gasteiger partial charge on any atom is -0.168 e. The molecule has 0 saturated heterocycles. The van der Waals surface area contributed by atoms with Gasteiger partial charge in [0, 0.05) is 5.08 Å². The van der Waals surface area contributed by atoms with Crippen LogP contribution in [0.2, 0.25) is 0 Å². The van der Waals surface area contributed by atoms with Crippen molar-refractivity contribution in [2.45, 2.75) is 6.92 Å². The number of rotatable bonds is 2. The molecule has 32 valence electrons. The van der Waals surface area contributed by atoms with Crippen molar-refractivity contribution in [2.75, 3.05) is 10.8 Å². The van der Waals surface area contributed by atoms with Gasteiger partial charge in [-0.2, -0.15) is 24.4 Å². The molecule has 0 amide bonds. The van der Waals surface area contributed by atoms with Gasteiger partial charge in [-0.15, -0.1) is 0 Å². The van der Waals surface area contributed by atoms with Crippen LogP contribution in [0.1, 0.15) is 6.92 Å².